The number of likely N-dealkylation sites (N-methyl/N-ethyl adjacent to an activating group) is 1. The van der Waals surface area contributed by atoms with Crippen molar-refractivity contribution in [1.82, 2.24) is 19.8 Å². The Morgan fingerprint density at radius 2 is 2.00 bits per heavy atom. The number of thiocarbonyl (C=S) groups is 1. The molecule has 0 spiro atoms. The van der Waals surface area contributed by atoms with Crippen molar-refractivity contribution in [3.8, 4) is 0 Å². The van der Waals surface area contributed by atoms with Crippen LogP contribution in [0.1, 0.15) is 54.6 Å². The highest BCUT2D eigenvalue weighted by Gasteiger charge is 2.39. The van der Waals surface area contributed by atoms with Crippen molar-refractivity contribution < 1.29 is 0 Å². The summed E-state index contributed by atoms with van der Waals surface area (Å²) in [5, 5.41) is 4.22. The lowest BCUT2D eigenvalue weighted by Crippen LogP contribution is -2.25. The predicted molar refractivity (Wildman–Crippen MR) is 97.5 cm³/mol. The Hall–Kier alpha value is -1.88. The summed E-state index contributed by atoms with van der Waals surface area (Å²) >= 11 is 5.51. The van der Waals surface area contributed by atoms with Crippen LogP contribution in [0.4, 0.5) is 0 Å². The van der Waals surface area contributed by atoms with Gasteiger partial charge in [0.1, 0.15) is 0 Å². The maximum Gasteiger partial charge on any atom is 0.169 e. The summed E-state index contributed by atoms with van der Waals surface area (Å²) in [6.45, 7) is 8.82. The Morgan fingerprint density at radius 1 is 1.26 bits per heavy atom. The average molecular weight is 328 g/mol. The summed E-state index contributed by atoms with van der Waals surface area (Å²) in [4.78, 5) is 6.70. The molecule has 3 heterocycles. The van der Waals surface area contributed by atoms with Gasteiger partial charge in [0, 0.05) is 30.7 Å². The summed E-state index contributed by atoms with van der Waals surface area (Å²) < 4.78 is 2.39. The number of aromatic nitrogens is 2. The zero-order valence-corrected chi connectivity index (χ0v) is 15.2. The van der Waals surface area contributed by atoms with E-state index in [0.29, 0.717) is 6.04 Å². The number of pyridine rings is 1. The molecule has 1 fully saturated rings. The lowest BCUT2D eigenvalue weighted by molar-refractivity contribution is 0.366. The Morgan fingerprint density at radius 3 is 2.57 bits per heavy atom. The fourth-order valence-electron chi connectivity index (χ4n) is 3.74. The third-order valence-electron chi connectivity index (χ3n) is 4.70. The maximum absolute atomic E-state index is 5.51. The molecule has 122 valence electrons. The molecule has 1 aliphatic heterocycles. The van der Waals surface area contributed by atoms with Crippen LogP contribution in [0.15, 0.2) is 30.5 Å². The van der Waals surface area contributed by atoms with Crippen LogP contribution in [-0.2, 0) is 0 Å². The van der Waals surface area contributed by atoms with Gasteiger partial charge in [-0.3, -0.25) is 4.98 Å². The van der Waals surface area contributed by atoms with Gasteiger partial charge in [-0.05, 0) is 63.7 Å². The summed E-state index contributed by atoms with van der Waals surface area (Å²) in [6, 6.07) is 9.02. The highest BCUT2D eigenvalue weighted by Crippen LogP contribution is 2.40. The van der Waals surface area contributed by atoms with Gasteiger partial charge >= 0.3 is 0 Å². The first-order valence-electron chi connectivity index (χ1n) is 8.04. The van der Waals surface area contributed by atoms with Gasteiger partial charge in [0.25, 0.3) is 0 Å². The molecule has 23 heavy (non-hydrogen) atoms. The Balaban J connectivity index is 2.09. The van der Waals surface area contributed by atoms with E-state index in [1.54, 1.807) is 0 Å². The number of rotatable bonds is 3. The molecule has 0 aliphatic carbocycles. The normalized spacial score (nSPS) is 21.1. The molecule has 2 aromatic heterocycles. The molecule has 1 saturated heterocycles. The monoisotopic (exact) mass is 328 g/mol. The molecule has 1 aliphatic rings. The van der Waals surface area contributed by atoms with Crippen molar-refractivity contribution in [2.24, 2.45) is 0 Å². The first-order chi connectivity index (χ1) is 10.9. The van der Waals surface area contributed by atoms with Gasteiger partial charge in [0.15, 0.2) is 5.11 Å². The van der Waals surface area contributed by atoms with E-state index in [-0.39, 0.29) is 12.1 Å². The van der Waals surface area contributed by atoms with Crippen LogP contribution < -0.4 is 5.32 Å². The van der Waals surface area contributed by atoms with Crippen molar-refractivity contribution in [3.63, 3.8) is 0 Å². The second-order valence-corrected chi connectivity index (χ2v) is 6.91. The maximum atomic E-state index is 5.51. The Labute approximate surface area is 143 Å². The summed E-state index contributed by atoms with van der Waals surface area (Å²) in [6.07, 6.45) is 1.84. The largest absolute Gasteiger partial charge is 0.352 e. The summed E-state index contributed by atoms with van der Waals surface area (Å²) in [5.74, 6) is 0. The number of hydrogen-bond acceptors (Lipinski definition) is 2. The SMILES string of the molecule is Cc1cc([C@@H]2[C@H](c3ccccn3)NC(=S)N2C)c(C)n1C(C)C. The third kappa shape index (κ3) is 2.63. The smallest absolute Gasteiger partial charge is 0.169 e. The molecule has 5 heteroatoms. The molecular formula is C18H24N4S. The van der Waals surface area contributed by atoms with Gasteiger partial charge < -0.3 is 14.8 Å². The number of aryl methyl sites for hydroxylation is 1. The minimum atomic E-state index is 0.0785. The van der Waals surface area contributed by atoms with E-state index in [9.17, 15) is 0 Å². The molecule has 3 rings (SSSR count). The number of nitrogens with one attached hydrogen (secondary N) is 1. The van der Waals surface area contributed by atoms with Gasteiger partial charge in [-0.1, -0.05) is 6.07 Å². The summed E-state index contributed by atoms with van der Waals surface area (Å²) in [7, 11) is 2.06. The van der Waals surface area contributed by atoms with Crippen LogP contribution in [0.5, 0.6) is 0 Å². The average Bonchev–Trinajstić information content (AvgIpc) is 2.97. The second kappa shape index (κ2) is 5.96. The highest BCUT2D eigenvalue weighted by molar-refractivity contribution is 7.80. The van der Waals surface area contributed by atoms with Gasteiger partial charge in [-0.15, -0.1) is 0 Å². The molecule has 0 saturated carbocycles. The fraction of sp³-hybridized carbons (Fsp3) is 0.444. The van der Waals surface area contributed by atoms with Crippen LogP contribution in [0.2, 0.25) is 0 Å². The molecule has 0 bridgehead atoms. The van der Waals surface area contributed by atoms with Crippen LogP contribution in [0.3, 0.4) is 0 Å². The summed E-state index contributed by atoms with van der Waals surface area (Å²) in [5.41, 5.74) is 4.94. The van der Waals surface area contributed by atoms with Crippen molar-refractivity contribution in [3.05, 3.63) is 53.1 Å². The molecule has 4 nitrogen and oxygen atoms in total. The Kier molecular flexibility index (Phi) is 4.15. The third-order valence-corrected chi connectivity index (χ3v) is 5.10. The van der Waals surface area contributed by atoms with Crippen LogP contribution in [0, 0.1) is 13.8 Å². The van der Waals surface area contributed by atoms with Gasteiger partial charge in [0.05, 0.1) is 17.8 Å². The second-order valence-electron chi connectivity index (χ2n) is 6.53. The molecule has 2 atom stereocenters. The first-order valence-corrected chi connectivity index (χ1v) is 8.45. The fourth-order valence-corrected chi connectivity index (χ4v) is 3.98. The molecule has 0 aromatic carbocycles. The standard InChI is InChI=1S/C18H24N4S/c1-11(2)22-12(3)10-14(13(22)4)17-16(20-18(23)21(17)5)15-8-6-7-9-19-15/h6-11,16-17H,1-5H3,(H,20,23)/t16-,17+/m0/s1. The highest BCUT2D eigenvalue weighted by atomic mass is 32.1. The quantitative estimate of drug-likeness (QED) is 0.871. The topological polar surface area (TPSA) is 33.1 Å². The molecule has 0 radical (unpaired) electrons. The Bertz CT molecular complexity index is 720. The number of hydrogen-bond donors (Lipinski definition) is 1. The van der Waals surface area contributed by atoms with Crippen molar-refractivity contribution in [2.45, 2.75) is 45.8 Å². The van der Waals surface area contributed by atoms with Gasteiger partial charge in [-0.25, -0.2) is 0 Å². The van der Waals surface area contributed by atoms with Crippen molar-refractivity contribution in [2.75, 3.05) is 7.05 Å². The van der Waals surface area contributed by atoms with Crippen molar-refractivity contribution >= 4 is 17.3 Å². The zero-order valence-electron chi connectivity index (χ0n) is 14.4. The molecule has 0 unspecified atom stereocenters. The predicted octanol–water partition coefficient (Wildman–Crippen LogP) is 3.68. The molecular weight excluding hydrogens is 304 g/mol. The van der Waals surface area contributed by atoms with Crippen LogP contribution in [0.25, 0.3) is 0 Å². The zero-order chi connectivity index (χ0) is 16.7. The molecule has 1 N–H and O–H groups in total. The van der Waals surface area contributed by atoms with E-state index in [4.69, 9.17) is 12.2 Å². The van der Waals surface area contributed by atoms with E-state index in [2.05, 4.69) is 66.6 Å². The number of nitrogens with zero attached hydrogens (tertiary/aromatic N) is 3. The van der Waals surface area contributed by atoms with Crippen molar-refractivity contribution in [1.29, 1.82) is 0 Å². The minimum absolute atomic E-state index is 0.0785. The van der Waals surface area contributed by atoms with E-state index >= 15 is 0 Å². The van der Waals surface area contributed by atoms with E-state index in [0.717, 1.165) is 10.8 Å². The van der Waals surface area contributed by atoms with Crippen LogP contribution >= 0.6 is 12.2 Å². The minimum Gasteiger partial charge on any atom is -0.352 e. The van der Waals surface area contributed by atoms with E-state index in [1.165, 1.54) is 17.0 Å². The first kappa shape index (κ1) is 16.0. The van der Waals surface area contributed by atoms with E-state index in [1.807, 2.05) is 18.3 Å². The van der Waals surface area contributed by atoms with Gasteiger partial charge in [-0.2, -0.15) is 0 Å². The van der Waals surface area contributed by atoms with Crippen LogP contribution in [-0.4, -0.2) is 26.6 Å². The van der Waals surface area contributed by atoms with E-state index < -0.39 is 0 Å². The lowest BCUT2D eigenvalue weighted by atomic mass is 9.97. The van der Waals surface area contributed by atoms with Gasteiger partial charge in [0.2, 0.25) is 0 Å². The molecule has 2 aromatic rings. The lowest BCUT2D eigenvalue weighted by Gasteiger charge is -2.25. The molecule has 0 amide bonds.